The number of fused-ring (bicyclic) bond motifs is 1. The molecule has 0 radical (unpaired) electrons. The van der Waals surface area contributed by atoms with Crippen molar-refractivity contribution < 1.29 is 14.3 Å². The molecule has 0 aliphatic carbocycles. The third-order valence-electron chi connectivity index (χ3n) is 6.37. The van der Waals surface area contributed by atoms with Crippen LogP contribution in [0.2, 0.25) is 0 Å². The Morgan fingerprint density at radius 3 is 2.54 bits per heavy atom. The molecule has 1 fully saturated rings. The lowest BCUT2D eigenvalue weighted by molar-refractivity contribution is -0.127. The number of amides is 1. The Labute approximate surface area is 205 Å². The smallest absolute Gasteiger partial charge is 0.261 e. The number of nitrogens with zero attached hydrogens (tertiary/aromatic N) is 4. The van der Waals surface area contributed by atoms with E-state index in [1.54, 1.807) is 12.4 Å². The van der Waals surface area contributed by atoms with Crippen LogP contribution in [-0.4, -0.2) is 66.2 Å². The maximum atomic E-state index is 12.3. The molecule has 3 aromatic rings. The number of hydrogen-bond donors (Lipinski definition) is 1. The molecule has 8 nitrogen and oxygen atoms in total. The molecule has 0 unspecified atom stereocenters. The maximum Gasteiger partial charge on any atom is 0.261 e. The molecule has 1 atom stereocenters. The summed E-state index contributed by atoms with van der Waals surface area (Å²) in [4.78, 5) is 25.7. The van der Waals surface area contributed by atoms with Gasteiger partial charge >= 0.3 is 0 Å². The summed E-state index contributed by atoms with van der Waals surface area (Å²) in [6, 6.07) is 17.9. The van der Waals surface area contributed by atoms with Crippen molar-refractivity contribution in [3.8, 4) is 11.5 Å². The summed E-state index contributed by atoms with van der Waals surface area (Å²) in [5, 5.41) is 2.95. The van der Waals surface area contributed by atoms with E-state index in [2.05, 4.69) is 37.2 Å². The third kappa shape index (κ3) is 6.08. The normalized spacial score (nSPS) is 17.5. The van der Waals surface area contributed by atoms with Crippen LogP contribution in [0.25, 0.3) is 0 Å². The van der Waals surface area contributed by atoms with Crippen LogP contribution in [0.1, 0.15) is 17.5 Å². The van der Waals surface area contributed by atoms with Crippen molar-refractivity contribution in [2.75, 3.05) is 44.2 Å². The third-order valence-corrected chi connectivity index (χ3v) is 6.37. The van der Waals surface area contributed by atoms with E-state index in [4.69, 9.17) is 9.47 Å². The Morgan fingerprint density at radius 2 is 1.77 bits per heavy atom. The van der Waals surface area contributed by atoms with Crippen LogP contribution in [-0.2, 0) is 17.8 Å². The Balaban J connectivity index is 0.971. The molecule has 2 aliphatic heterocycles. The number of nitrogens with one attached hydrogen (secondary N) is 1. The fourth-order valence-corrected chi connectivity index (χ4v) is 4.43. The Hall–Kier alpha value is -3.65. The van der Waals surface area contributed by atoms with Gasteiger partial charge in [0.05, 0.1) is 6.61 Å². The summed E-state index contributed by atoms with van der Waals surface area (Å²) in [7, 11) is 0. The summed E-state index contributed by atoms with van der Waals surface area (Å²) in [6.45, 7) is 5.87. The van der Waals surface area contributed by atoms with Gasteiger partial charge in [0.15, 0.2) is 6.10 Å². The zero-order chi connectivity index (χ0) is 23.9. The van der Waals surface area contributed by atoms with Gasteiger partial charge in [-0.15, -0.1) is 0 Å². The second kappa shape index (κ2) is 11.2. The molecule has 5 rings (SSSR count). The number of ether oxygens (including phenoxy) is 2. The molecule has 0 spiro atoms. The first-order chi connectivity index (χ1) is 17.2. The van der Waals surface area contributed by atoms with Crippen molar-refractivity contribution in [3.05, 3.63) is 78.1 Å². The van der Waals surface area contributed by atoms with E-state index in [0.717, 1.165) is 62.2 Å². The van der Waals surface area contributed by atoms with Gasteiger partial charge in [-0.2, -0.15) is 0 Å². The van der Waals surface area contributed by atoms with E-state index in [-0.39, 0.29) is 5.91 Å². The number of anilines is 1. The molecule has 3 heterocycles. The van der Waals surface area contributed by atoms with Gasteiger partial charge in [-0.1, -0.05) is 30.3 Å². The van der Waals surface area contributed by atoms with Gasteiger partial charge in [-0.25, -0.2) is 9.97 Å². The van der Waals surface area contributed by atoms with Crippen molar-refractivity contribution >= 4 is 11.9 Å². The Bertz CT molecular complexity index is 1080. The Morgan fingerprint density at radius 1 is 1.00 bits per heavy atom. The monoisotopic (exact) mass is 473 g/mol. The maximum absolute atomic E-state index is 12.3. The van der Waals surface area contributed by atoms with Gasteiger partial charge < -0.3 is 19.7 Å². The number of aromatic nitrogens is 2. The number of piperazine rings is 1. The van der Waals surface area contributed by atoms with Gasteiger partial charge in [0.1, 0.15) is 11.5 Å². The van der Waals surface area contributed by atoms with E-state index in [0.29, 0.717) is 19.6 Å². The first-order valence-corrected chi connectivity index (χ1v) is 12.2. The molecule has 2 aliphatic rings. The van der Waals surface area contributed by atoms with Crippen LogP contribution in [0.15, 0.2) is 67.0 Å². The minimum absolute atomic E-state index is 0.0670. The van der Waals surface area contributed by atoms with Crippen molar-refractivity contribution in [2.45, 2.75) is 25.5 Å². The topological polar surface area (TPSA) is 79.8 Å². The van der Waals surface area contributed by atoms with Crippen LogP contribution < -0.4 is 19.7 Å². The SMILES string of the molecule is O=C(NCCCOc1ccc(CN2CCN(c3ncccn3)CC2)cc1)[C@H]1Cc2ccccc2O1. The van der Waals surface area contributed by atoms with Crippen molar-refractivity contribution in [1.82, 2.24) is 20.2 Å². The van der Waals surface area contributed by atoms with Gasteiger partial charge in [-0.05, 0) is 41.8 Å². The number of carbonyl (C=O) groups excluding carboxylic acids is 1. The molecule has 35 heavy (non-hydrogen) atoms. The lowest BCUT2D eigenvalue weighted by Gasteiger charge is -2.34. The fourth-order valence-electron chi connectivity index (χ4n) is 4.43. The molecule has 0 saturated carbocycles. The van der Waals surface area contributed by atoms with Gasteiger partial charge in [-0.3, -0.25) is 9.69 Å². The molecule has 0 bridgehead atoms. The molecule has 8 heteroatoms. The quantitative estimate of drug-likeness (QED) is 0.479. The van der Waals surface area contributed by atoms with Crippen LogP contribution in [0.3, 0.4) is 0 Å². The Kier molecular flexibility index (Phi) is 7.38. The number of benzene rings is 2. The number of para-hydroxylation sites is 1. The summed E-state index contributed by atoms with van der Waals surface area (Å²) in [5.41, 5.74) is 2.36. The molecule has 2 aromatic carbocycles. The minimum Gasteiger partial charge on any atom is -0.494 e. The second-order valence-electron chi connectivity index (χ2n) is 8.87. The first kappa shape index (κ1) is 23.1. The lowest BCUT2D eigenvalue weighted by Crippen LogP contribution is -2.46. The lowest BCUT2D eigenvalue weighted by atomic mass is 10.1. The van der Waals surface area contributed by atoms with Gasteiger partial charge in [0, 0.05) is 58.1 Å². The largest absolute Gasteiger partial charge is 0.494 e. The highest BCUT2D eigenvalue weighted by atomic mass is 16.5. The highest BCUT2D eigenvalue weighted by molar-refractivity contribution is 5.82. The van der Waals surface area contributed by atoms with Crippen LogP contribution in [0.5, 0.6) is 11.5 Å². The van der Waals surface area contributed by atoms with E-state index in [1.165, 1.54) is 5.56 Å². The van der Waals surface area contributed by atoms with E-state index < -0.39 is 6.10 Å². The van der Waals surface area contributed by atoms with Crippen LogP contribution in [0, 0.1) is 0 Å². The first-order valence-electron chi connectivity index (χ1n) is 12.2. The molecular weight excluding hydrogens is 442 g/mol. The standard InChI is InChI=1S/C27H31N5O3/c33-26(25-19-22-5-1-2-6-24(22)35-25)28-13-4-18-34-23-9-7-21(8-10-23)20-31-14-16-32(17-15-31)27-29-11-3-12-30-27/h1-3,5-12,25H,4,13-20H2,(H,28,33)/t25-/m1/s1. The molecule has 1 amide bonds. The zero-order valence-corrected chi connectivity index (χ0v) is 19.8. The molecule has 1 aromatic heterocycles. The fraction of sp³-hybridized carbons (Fsp3) is 0.370. The van der Waals surface area contributed by atoms with E-state index >= 15 is 0 Å². The number of rotatable bonds is 9. The average Bonchev–Trinajstić information content (AvgIpc) is 3.35. The van der Waals surface area contributed by atoms with E-state index in [1.807, 2.05) is 42.5 Å². The van der Waals surface area contributed by atoms with Gasteiger partial charge in [0.2, 0.25) is 5.95 Å². The molecule has 1 saturated heterocycles. The van der Waals surface area contributed by atoms with E-state index in [9.17, 15) is 4.79 Å². The summed E-state index contributed by atoms with van der Waals surface area (Å²) >= 11 is 0. The molecular formula is C27H31N5O3. The zero-order valence-electron chi connectivity index (χ0n) is 19.8. The second-order valence-corrected chi connectivity index (χ2v) is 8.87. The van der Waals surface area contributed by atoms with Gasteiger partial charge in [0.25, 0.3) is 5.91 Å². The number of hydrogen-bond acceptors (Lipinski definition) is 7. The minimum atomic E-state index is -0.435. The van der Waals surface area contributed by atoms with Crippen LogP contribution >= 0.6 is 0 Å². The summed E-state index contributed by atoms with van der Waals surface area (Å²) < 4.78 is 11.6. The number of carbonyl (C=O) groups is 1. The van der Waals surface area contributed by atoms with Crippen molar-refractivity contribution in [2.24, 2.45) is 0 Å². The van der Waals surface area contributed by atoms with Crippen molar-refractivity contribution in [1.29, 1.82) is 0 Å². The predicted molar refractivity (Wildman–Crippen MR) is 134 cm³/mol. The molecule has 1 N–H and O–H groups in total. The highest BCUT2D eigenvalue weighted by Crippen LogP contribution is 2.28. The summed E-state index contributed by atoms with van der Waals surface area (Å²) in [6.07, 6.45) is 4.51. The van der Waals surface area contributed by atoms with Crippen molar-refractivity contribution in [3.63, 3.8) is 0 Å². The summed E-state index contributed by atoms with van der Waals surface area (Å²) in [5.74, 6) is 2.40. The highest BCUT2D eigenvalue weighted by Gasteiger charge is 2.28. The average molecular weight is 474 g/mol. The molecule has 182 valence electrons. The van der Waals surface area contributed by atoms with Crippen LogP contribution in [0.4, 0.5) is 5.95 Å². The predicted octanol–water partition coefficient (Wildman–Crippen LogP) is 2.69.